The first kappa shape index (κ1) is 26.3. The molecule has 4 rings (SSSR count). The topological polar surface area (TPSA) is 38.8 Å². The van der Waals surface area contributed by atoms with Crippen LogP contribution < -0.4 is 10.2 Å². The first-order chi connectivity index (χ1) is 17.1. The summed E-state index contributed by atoms with van der Waals surface area (Å²) in [6.45, 7) is 2.96. The molecule has 1 N–H and O–H groups in total. The molecule has 0 atom stereocenters. The molecule has 0 bridgehead atoms. The molecule has 194 valence electrons. The van der Waals surface area contributed by atoms with E-state index in [2.05, 4.69) is 5.32 Å². The molecule has 0 radical (unpaired) electrons. The zero-order valence-electron chi connectivity index (χ0n) is 20.7. The Morgan fingerprint density at radius 1 is 0.889 bits per heavy atom. The molecular weight excluding hydrogens is 485 g/mol. The predicted octanol–water partition coefficient (Wildman–Crippen LogP) is 5.73. The third-order valence-electron chi connectivity index (χ3n) is 7.43. The normalized spacial score (nSPS) is 17.7. The number of para-hydroxylation sites is 1. The number of rotatable bonds is 4. The minimum absolute atomic E-state index is 0.00878. The van der Waals surface area contributed by atoms with Crippen LogP contribution in [0.4, 0.5) is 24.5 Å². The van der Waals surface area contributed by atoms with Crippen molar-refractivity contribution < 1.29 is 18.0 Å². The quantitative estimate of drug-likeness (QED) is 0.523. The van der Waals surface area contributed by atoms with Gasteiger partial charge in [0, 0.05) is 51.5 Å². The fraction of sp³-hybridized carbons (Fsp3) is 0.481. The third-order valence-corrected chi connectivity index (χ3v) is 7.79. The Morgan fingerprint density at radius 3 is 1.94 bits per heavy atom. The number of piperidine rings is 2. The number of halogens is 3. The molecule has 36 heavy (non-hydrogen) atoms. The summed E-state index contributed by atoms with van der Waals surface area (Å²) in [7, 11) is 3.95. The molecule has 2 fully saturated rings. The molecule has 0 saturated carbocycles. The maximum absolute atomic E-state index is 13.3. The Morgan fingerprint density at radius 2 is 1.42 bits per heavy atom. The van der Waals surface area contributed by atoms with Gasteiger partial charge in [-0.15, -0.1) is 0 Å². The molecular formula is C27H33F3N4OS. The summed E-state index contributed by atoms with van der Waals surface area (Å²) >= 11 is 5.45. The van der Waals surface area contributed by atoms with Crippen molar-refractivity contribution in [1.29, 1.82) is 0 Å². The van der Waals surface area contributed by atoms with E-state index in [4.69, 9.17) is 12.2 Å². The van der Waals surface area contributed by atoms with Gasteiger partial charge in [0.05, 0.1) is 11.3 Å². The second-order valence-corrected chi connectivity index (χ2v) is 10.3. The van der Waals surface area contributed by atoms with Gasteiger partial charge in [-0.2, -0.15) is 13.2 Å². The van der Waals surface area contributed by atoms with E-state index in [1.165, 1.54) is 12.1 Å². The van der Waals surface area contributed by atoms with E-state index in [9.17, 15) is 18.0 Å². The highest BCUT2D eigenvalue weighted by molar-refractivity contribution is 7.80. The molecule has 9 heteroatoms. The van der Waals surface area contributed by atoms with E-state index in [1.54, 1.807) is 6.07 Å². The van der Waals surface area contributed by atoms with Gasteiger partial charge in [0.2, 0.25) is 0 Å². The van der Waals surface area contributed by atoms with Gasteiger partial charge in [0.15, 0.2) is 5.11 Å². The number of alkyl halides is 3. The first-order valence-corrected chi connectivity index (χ1v) is 12.8. The first-order valence-electron chi connectivity index (χ1n) is 12.4. The fourth-order valence-corrected chi connectivity index (χ4v) is 5.56. The van der Waals surface area contributed by atoms with Gasteiger partial charge in [-0.25, -0.2) is 0 Å². The van der Waals surface area contributed by atoms with Crippen LogP contribution in [0.25, 0.3) is 0 Å². The third kappa shape index (κ3) is 6.11. The minimum atomic E-state index is -4.43. The summed E-state index contributed by atoms with van der Waals surface area (Å²) in [4.78, 5) is 18.9. The van der Waals surface area contributed by atoms with Gasteiger partial charge >= 0.3 is 6.18 Å². The summed E-state index contributed by atoms with van der Waals surface area (Å²) in [6.07, 6.45) is -0.569. The van der Waals surface area contributed by atoms with Crippen molar-refractivity contribution in [2.24, 2.45) is 11.8 Å². The van der Waals surface area contributed by atoms with E-state index in [-0.39, 0.29) is 11.6 Å². The number of hydrogen-bond acceptors (Lipinski definition) is 3. The molecule has 5 nitrogen and oxygen atoms in total. The Balaban J connectivity index is 1.25. The molecule has 1 amide bonds. The number of thiocarbonyl (C=S) groups is 1. The van der Waals surface area contributed by atoms with Crippen LogP contribution in [0.2, 0.25) is 0 Å². The molecule has 2 aromatic rings. The molecule has 0 aromatic heterocycles. The van der Waals surface area contributed by atoms with Gasteiger partial charge in [-0.3, -0.25) is 4.79 Å². The summed E-state index contributed by atoms with van der Waals surface area (Å²) in [5.41, 5.74) is 1.07. The number of carbonyl (C=O) groups is 1. The zero-order valence-corrected chi connectivity index (χ0v) is 21.5. The molecule has 0 spiro atoms. The number of amides is 1. The van der Waals surface area contributed by atoms with Gasteiger partial charge in [-0.05, 0) is 86.1 Å². The van der Waals surface area contributed by atoms with Crippen LogP contribution in [0, 0.1) is 11.8 Å². The average Bonchev–Trinajstić information content (AvgIpc) is 2.88. The van der Waals surface area contributed by atoms with E-state index in [1.807, 2.05) is 53.1 Å². The van der Waals surface area contributed by atoms with Crippen molar-refractivity contribution in [2.75, 3.05) is 50.5 Å². The largest absolute Gasteiger partial charge is 0.418 e. The Hall–Kier alpha value is -2.81. The van der Waals surface area contributed by atoms with Crippen molar-refractivity contribution in [3.05, 3.63) is 59.7 Å². The number of likely N-dealkylation sites (tertiary alicyclic amines) is 2. The molecule has 2 aliphatic rings. The van der Waals surface area contributed by atoms with Crippen LogP contribution in [-0.2, 0) is 6.18 Å². The summed E-state index contributed by atoms with van der Waals surface area (Å²) < 4.78 is 39.9. The number of nitrogens with one attached hydrogen (secondary N) is 1. The molecule has 2 aliphatic heterocycles. The van der Waals surface area contributed by atoms with Crippen LogP contribution in [0.5, 0.6) is 0 Å². The van der Waals surface area contributed by atoms with Crippen LogP contribution in [0.3, 0.4) is 0 Å². The smallest absolute Gasteiger partial charge is 0.378 e. The number of anilines is 2. The SMILES string of the molecule is CN(C)c1ccc(C(=O)N2CCC(C3CCN(C(=S)Nc4ccccc4C(F)(F)F)CC3)CC2)cc1. The molecule has 2 aromatic carbocycles. The maximum Gasteiger partial charge on any atom is 0.418 e. The predicted molar refractivity (Wildman–Crippen MR) is 141 cm³/mol. The summed E-state index contributed by atoms with van der Waals surface area (Å²) in [5.74, 6) is 1.19. The number of hydrogen-bond donors (Lipinski definition) is 1. The van der Waals surface area contributed by atoms with Crippen molar-refractivity contribution in [3.63, 3.8) is 0 Å². The summed E-state index contributed by atoms with van der Waals surface area (Å²) in [5, 5.41) is 3.15. The standard InChI is InChI=1S/C27H33F3N4OS/c1-32(2)22-9-7-21(8-10-22)25(35)33-15-11-19(12-16-33)20-13-17-34(18-14-20)26(36)31-24-6-4-3-5-23(24)27(28,29)30/h3-10,19-20H,11-18H2,1-2H3,(H,31,36). The van der Waals surface area contributed by atoms with Crippen molar-refractivity contribution in [1.82, 2.24) is 9.80 Å². The zero-order chi connectivity index (χ0) is 25.9. The van der Waals surface area contributed by atoms with Crippen molar-refractivity contribution in [3.8, 4) is 0 Å². The number of benzene rings is 2. The van der Waals surface area contributed by atoms with E-state index >= 15 is 0 Å². The molecule has 2 saturated heterocycles. The van der Waals surface area contributed by atoms with Crippen molar-refractivity contribution >= 4 is 34.6 Å². The van der Waals surface area contributed by atoms with Gasteiger partial charge in [0.1, 0.15) is 0 Å². The van der Waals surface area contributed by atoms with Gasteiger partial charge < -0.3 is 20.0 Å². The minimum Gasteiger partial charge on any atom is -0.378 e. The number of carbonyl (C=O) groups excluding carboxylic acids is 1. The molecule has 2 heterocycles. The van der Waals surface area contributed by atoms with E-state index in [0.717, 1.165) is 69.2 Å². The molecule has 0 aliphatic carbocycles. The second kappa shape index (κ2) is 11.1. The lowest BCUT2D eigenvalue weighted by Crippen LogP contribution is -2.45. The summed E-state index contributed by atoms with van der Waals surface area (Å²) in [6, 6.07) is 13.1. The lowest BCUT2D eigenvalue weighted by Gasteiger charge is -2.41. The van der Waals surface area contributed by atoms with Crippen LogP contribution in [0.15, 0.2) is 48.5 Å². The highest BCUT2D eigenvalue weighted by Crippen LogP contribution is 2.36. The average molecular weight is 519 g/mol. The van der Waals surface area contributed by atoms with Gasteiger partial charge in [0.25, 0.3) is 5.91 Å². The van der Waals surface area contributed by atoms with Gasteiger partial charge in [-0.1, -0.05) is 12.1 Å². The maximum atomic E-state index is 13.3. The van der Waals surface area contributed by atoms with E-state index < -0.39 is 11.7 Å². The monoisotopic (exact) mass is 518 g/mol. The van der Waals surface area contributed by atoms with Crippen LogP contribution >= 0.6 is 12.2 Å². The Labute approximate surface area is 216 Å². The Kier molecular flexibility index (Phi) is 8.07. The van der Waals surface area contributed by atoms with Crippen LogP contribution in [-0.4, -0.2) is 61.1 Å². The van der Waals surface area contributed by atoms with E-state index in [0.29, 0.717) is 16.9 Å². The highest BCUT2D eigenvalue weighted by atomic mass is 32.1. The van der Waals surface area contributed by atoms with Crippen molar-refractivity contribution in [2.45, 2.75) is 31.9 Å². The lowest BCUT2D eigenvalue weighted by atomic mass is 9.79. The highest BCUT2D eigenvalue weighted by Gasteiger charge is 2.35. The van der Waals surface area contributed by atoms with Crippen LogP contribution in [0.1, 0.15) is 41.6 Å². The fourth-order valence-electron chi connectivity index (χ4n) is 5.27. The molecule has 0 unspecified atom stereocenters. The lowest BCUT2D eigenvalue weighted by molar-refractivity contribution is -0.136. The second-order valence-electron chi connectivity index (χ2n) is 9.87. The Bertz CT molecular complexity index is 1060. The number of nitrogens with zero attached hydrogens (tertiary/aromatic N) is 3.